The van der Waals surface area contributed by atoms with Gasteiger partial charge in [-0.05, 0) is 36.1 Å². The minimum Gasteiger partial charge on any atom is -0.389 e. The number of hydrogen-bond acceptors (Lipinski definition) is 2. The van der Waals surface area contributed by atoms with Crippen molar-refractivity contribution in [3.63, 3.8) is 0 Å². The largest absolute Gasteiger partial charge is 0.389 e. The molecule has 17 heavy (non-hydrogen) atoms. The molecule has 0 bridgehead atoms. The second-order valence-electron chi connectivity index (χ2n) is 4.40. The zero-order chi connectivity index (χ0) is 12.8. The molecule has 1 rings (SSSR count). The lowest BCUT2D eigenvalue weighted by molar-refractivity contribution is 0.110. The summed E-state index contributed by atoms with van der Waals surface area (Å²) in [6.45, 7) is 5.26. The number of rotatable bonds is 6. The van der Waals surface area contributed by atoms with Crippen LogP contribution in [0.4, 0.5) is 4.39 Å². The third-order valence-corrected chi connectivity index (χ3v) is 2.65. The number of benzene rings is 1. The van der Waals surface area contributed by atoms with Crippen LogP contribution >= 0.6 is 12.2 Å². The van der Waals surface area contributed by atoms with Crippen LogP contribution < -0.4 is 5.73 Å². The van der Waals surface area contributed by atoms with Crippen LogP contribution in [0.3, 0.4) is 0 Å². The minimum absolute atomic E-state index is 0.271. The average Bonchev–Trinajstić information content (AvgIpc) is 2.23. The van der Waals surface area contributed by atoms with Crippen LogP contribution in [0.25, 0.3) is 0 Å². The topological polar surface area (TPSA) is 35.2 Å². The van der Waals surface area contributed by atoms with Crippen LogP contribution in [0.1, 0.15) is 31.4 Å². The van der Waals surface area contributed by atoms with Gasteiger partial charge in [0, 0.05) is 12.2 Å². The van der Waals surface area contributed by atoms with Gasteiger partial charge in [0.2, 0.25) is 0 Å². The summed E-state index contributed by atoms with van der Waals surface area (Å²) in [6.07, 6.45) is 0.984. The molecule has 94 valence electrons. The molecule has 0 unspecified atom stereocenters. The van der Waals surface area contributed by atoms with Crippen molar-refractivity contribution < 1.29 is 9.13 Å². The number of thiocarbonyl (C=S) groups is 1. The highest BCUT2D eigenvalue weighted by atomic mass is 32.1. The number of halogens is 1. The lowest BCUT2D eigenvalue weighted by Gasteiger charge is -2.10. The average molecular weight is 255 g/mol. The Morgan fingerprint density at radius 2 is 2.18 bits per heavy atom. The van der Waals surface area contributed by atoms with E-state index < -0.39 is 0 Å². The molecule has 0 saturated carbocycles. The van der Waals surface area contributed by atoms with E-state index in [0.29, 0.717) is 30.3 Å². The van der Waals surface area contributed by atoms with E-state index in [-0.39, 0.29) is 10.8 Å². The summed E-state index contributed by atoms with van der Waals surface area (Å²) < 4.78 is 18.6. The van der Waals surface area contributed by atoms with E-state index >= 15 is 0 Å². The predicted octanol–water partition coefficient (Wildman–Crippen LogP) is 3.02. The van der Waals surface area contributed by atoms with E-state index in [4.69, 9.17) is 22.7 Å². The molecule has 0 aliphatic heterocycles. The maximum absolute atomic E-state index is 13.1. The summed E-state index contributed by atoms with van der Waals surface area (Å²) in [5, 5.41) is 0. The smallest absolute Gasteiger partial charge is 0.123 e. The summed E-state index contributed by atoms with van der Waals surface area (Å²) in [5.74, 6) is 0.296. The lowest BCUT2D eigenvalue weighted by atomic mass is 10.1. The molecule has 0 atom stereocenters. The fourth-order valence-corrected chi connectivity index (χ4v) is 1.62. The predicted molar refractivity (Wildman–Crippen MR) is 71.4 cm³/mol. The Hall–Kier alpha value is -1.00. The first-order valence-corrected chi connectivity index (χ1v) is 6.07. The summed E-state index contributed by atoms with van der Waals surface area (Å²) in [6, 6.07) is 4.37. The monoisotopic (exact) mass is 255 g/mol. The molecule has 2 N–H and O–H groups in total. The van der Waals surface area contributed by atoms with Crippen LogP contribution in [0.5, 0.6) is 0 Å². The van der Waals surface area contributed by atoms with Crippen LogP contribution in [0, 0.1) is 11.7 Å². The molecule has 0 aliphatic rings. The fourth-order valence-electron chi connectivity index (χ4n) is 1.42. The Morgan fingerprint density at radius 3 is 2.76 bits per heavy atom. The molecule has 0 aliphatic carbocycles. The van der Waals surface area contributed by atoms with Gasteiger partial charge in [-0.1, -0.05) is 26.1 Å². The standard InChI is InChI=1S/C13H18FNOS/c1-9(2)5-6-16-8-10-7-11(14)3-4-12(10)13(15)17/h3-4,7,9H,5-6,8H2,1-2H3,(H2,15,17). The van der Waals surface area contributed by atoms with Gasteiger partial charge in [0.25, 0.3) is 0 Å². The van der Waals surface area contributed by atoms with E-state index in [1.54, 1.807) is 6.07 Å². The summed E-state index contributed by atoms with van der Waals surface area (Å²) in [4.78, 5) is 0.271. The Morgan fingerprint density at radius 1 is 1.47 bits per heavy atom. The zero-order valence-electron chi connectivity index (χ0n) is 10.2. The molecule has 0 aromatic heterocycles. The highest BCUT2D eigenvalue weighted by molar-refractivity contribution is 7.80. The van der Waals surface area contributed by atoms with E-state index in [1.165, 1.54) is 12.1 Å². The first kappa shape index (κ1) is 14.1. The number of nitrogens with two attached hydrogens (primary N) is 1. The third kappa shape index (κ3) is 4.79. The van der Waals surface area contributed by atoms with Gasteiger partial charge in [-0.2, -0.15) is 0 Å². The normalized spacial score (nSPS) is 10.8. The zero-order valence-corrected chi connectivity index (χ0v) is 11.0. The quantitative estimate of drug-likeness (QED) is 0.627. The van der Waals surface area contributed by atoms with E-state index in [1.807, 2.05) is 0 Å². The van der Waals surface area contributed by atoms with Crippen molar-refractivity contribution in [3.8, 4) is 0 Å². The summed E-state index contributed by atoms with van der Waals surface area (Å²) in [5.41, 5.74) is 6.97. The second kappa shape index (κ2) is 6.67. The summed E-state index contributed by atoms with van der Waals surface area (Å²) >= 11 is 4.91. The van der Waals surface area contributed by atoms with Crippen molar-refractivity contribution in [2.75, 3.05) is 6.61 Å². The van der Waals surface area contributed by atoms with Crippen molar-refractivity contribution >= 4 is 17.2 Å². The van der Waals surface area contributed by atoms with Crippen molar-refractivity contribution in [2.24, 2.45) is 11.7 Å². The van der Waals surface area contributed by atoms with Gasteiger partial charge in [0.1, 0.15) is 10.8 Å². The van der Waals surface area contributed by atoms with Gasteiger partial charge < -0.3 is 10.5 Å². The van der Waals surface area contributed by atoms with Crippen molar-refractivity contribution in [3.05, 3.63) is 35.1 Å². The Labute approximate surface area is 107 Å². The van der Waals surface area contributed by atoms with E-state index in [9.17, 15) is 4.39 Å². The van der Waals surface area contributed by atoms with Gasteiger partial charge in [-0.25, -0.2) is 4.39 Å². The molecule has 1 aromatic carbocycles. The molecule has 2 nitrogen and oxygen atoms in total. The summed E-state index contributed by atoms with van der Waals surface area (Å²) in [7, 11) is 0. The Kier molecular flexibility index (Phi) is 5.51. The SMILES string of the molecule is CC(C)CCOCc1cc(F)ccc1C(N)=S. The number of hydrogen-bond donors (Lipinski definition) is 1. The van der Waals surface area contributed by atoms with Gasteiger partial charge in [0.05, 0.1) is 6.61 Å². The van der Waals surface area contributed by atoms with Crippen molar-refractivity contribution in [1.82, 2.24) is 0 Å². The van der Waals surface area contributed by atoms with Gasteiger partial charge in [-0.3, -0.25) is 0 Å². The van der Waals surface area contributed by atoms with Crippen LogP contribution in [-0.4, -0.2) is 11.6 Å². The minimum atomic E-state index is -0.299. The lowest BCUT2D eigenvalue weighted by Crippen LogP contribution is -2.13. The van der Waals surface area contributed by atoms with Crippen molar-refractivity contribution in [2.45, 2.75) is 26.9 Å². The van der Waals surface area contributed by atoms with Crippen LogP contribution in [-0.2, 0) is 11.3 Å². The first-order valence-electron chi connectivity index (χ1n) is 5.66. The maximum Gasteiger partial charge on any atom is 0.123 e. The molecule has 0 heterocycles. The molecule has 0 amide bonds. The van der Waals surface area contributed by atoms with E-state index in [2.05, 4.69) is 13.8 Å². The molecule has 0 saturated heterocycles. The first-order chi connectivity index (χ1) is 8.00. The molecular formula is C13H18FNOS. The van der Waals surface area contributed by atoms with Gasteiger partial charge in [-0.15, -0.1) is 0 Å². The molecule has 1 aromatic rings. The Balaban J connectivity index is 2.62. The highest BCUT2D eigenvalue weighted by Gasteiger charge is 2.07. The highest BCUT2D eigenvalue weighted by Crippen LogP contribution is 2.13. The van der Waals surface area contributed by atoms with Crippen LogP contribution in [0.15, 0.2) is 18.2 Å². The molecular weight excluding hydrogens is 237 g/mol. The second-order valence-corrected chi connectivity index (χ2v) is 4.84. The fraction of sp³-hybridized carbons (Fsp3) is 0.462. The molecule has 0 spiro atoms. The molecule has 0 radical (unpaired) electrons. The van der Waals surface area contributed by atoms with Crippen LogP contribution in [0.2, 0.25) is 0 Å². The van der Waals surface area contributed by atoms with Gasteiger partial charge >= 0.3 is 0 Å². The number of ether oxygens (including phenoxy) is 1. The molecule has 4 heteroatoms. The Bertz CT molecular complexity index is 393. The van der Waals surface area contributed by atoms with E-state index in [0.717, 1.165) is 6.42 Å². The maximum atomic E-state index is 13.1. The van der Waals surface area contributed by atoms with Crippen molar-refractivity contribution in [1.29, 1.82) is 0 Å². The van der Waals surface area contributed by atoms with Gasteiger partial charge in [0.15, 0.2) is 0 Å². The molecule has 0 fully saturated rings. The third-order valence-electron chi connectivity index (χ3n) is 2.43.